The second kappa shape index (κ2) is 5.72. The minimum absolute atomic E-state index is 0.0938. The maximum absolute atomic E-state index is 11.0. The molecule has 0 spiro atoms. The molecule has 0 fully saturated rings. The molecule has 0 amide bonds. The van der Waals surface area contributed by atoms with Crippen LogP contribution in [0.5, 0.6) is 0 Å². The highest BCUT2D eigenvalue weighted by molar-refractivity contribution is 7.63. The Bertz CT molecular complexity index is 380. The molecule has 16 heavy (non-hydrogen) atoms. The van der Waals surface area contributed by atoms with E-state index >= 15 is 0 Å². The van der Waals surface area contributed by atoms with E-state index in [2.05, 4.69) is 8.83 Å². The van der Waals surface area contributed by atoms with E-state index in [0.717, 1.165) is 12.7 Å². The minimum Gasteiger partial charge on any atom is -0.478 e. The van der Waals surface area contributed by atoms with Gasteiger partial charge in [0.25, 0.3) is 0 Å². The number of hydrogen-bond donors (Lipinski definition) is 3. The lowest BCUT2D eigenvalue weighted by molar-refractivity contribution is -0.132. The third kappa shape index (κ3) is 7.76. The number of carboxylic acid groups (broad SMARTS) is 1. The van der Waals surface area contributed by atoms with E-state index in [1.165, 1.54) is 6.92 Å². The van der Waals surface area contributed by atoms with Crippen LogP contribution in [-0.2, 0) is 22.8 Å². The van der Waals surface area contributed by atoms with E-state index in [4.69, 9.17) is 14.9 Å². The highest BCUT2D eigenvalue weighted by Crippen LogP contribution is 2.57. The molecule has 0 aromatic heterocycles. The third-order valence-electron chi connectivity index (χ3n) is 1.22. The Kier molecular flexibility index (Phi) is 5.55. The van der Waals surface area contributed by atoms with Gasteiger partial charge in [-0.15, -0.1) is 0 Å². The molecular formula is C6H12O8P2. The van der Waals surface area contributed by atoms with E-state index in [-0.39, 0.29) is 5.57 Å². The van der Waals surface area contributed by atoms with Crippen LogP contribution in [0.25, 0.3) is 0 Å². The summed E-state index contributed by atoms with van der Waals surface area (Å²) in [7, 11) is -8.80. The number of phosphoric acid groups is 1. The van der Waals surface area contributed by atoms with Crippen molar-refractivity contribution in [2.24, 2.45) is 0 Å². The molecule has 0 rings (SSSR count). The second-order valence-corrected chi connectivity index (χ2v) is 6.30. The summed E-state index contributed by atoms with van der Waals surface area (Å²) >= 11 is 0. The van der Waals surface area contributed by atoms with Gasteiger partial charge in [0, 0.05) is 12.2 Å². The molecule has 0 saturated carbocycles. The molecule has 0 aliphatic rings. The first kappa shape index (κ1) is 15.5. The van der Waals surface area contributed by atoms with Crippen molar-refractivity contribution in [1.29, 1.82) is 0 Å². The van der Waals surface area contributed by atoms with Crippen LogP contribution in [-0.4, -0.2) is 34.1 Å². The fraction of sp³-hybridized carbons (Fsp3) is 0.500. The summed E-state index contributed by atoms with van der Waals surface area (Å²) in [6.45, 7) is 1.45. The van der Waals surface area contributed by atoms with E-state index in [1.54, 1.807) is 0 Å². The summed E-state index contributed by atoms with van der Waals surface area (Å²) in [5, 5.41) is 8.43. The molecule has 8 nitrogen and oxygen atoms in total. The summed E-state index contributed by atoms with van der Waals surface area (Å²) < 4.78 is 29.8. The fourth-order valence-corrected chi connectivity index (χ4v) is 2.54. The molecule has 0 radical (unpaired) electrons. The Morgan fingerprint density at radius 1 is 1.38 bits per heavy atom. The van der Waals surface area contributed by atoms with Crippen molar-refractivity contribution in [1.82, 2.24) is 0 Å². The topological polar surface area (TPSA) is 130 Å². The van der Waals surface area contributed by atoms with Gasteiger partial charge >= 0.3 is 21.4 Å². The van der Waals surface area contributed by atoms with Gasteiger partial charge in [-0.25, -0.2) is 13.7 Å². The average Bonchev–Trinajstić information content (AvgIpc) is 1.98. The van der Waals surface area contributed by atoms with Crippen LogP contribution in [0.3, 0.4) is 0 Å². The predicted octanol–water partition coefficient (Wildman–Crippen LogP) is 0.966. The number of carboxylic acids is 1. The summed E-state index contributed by atoms with van der Waals surface area (Å²) in [6.07, 6.45) is 1.02. The number of hydrogen-bond acceptors (Lipinski definition) is 5. The zero-order chi connectivity index (χ0) is 13.0. The largest absolute Gasteiger partial charge is 0.479 e. The van der Waals surface area contributed by atoms with Crippen molar-refractivity contribution in [3.8, 4) is 0 Å². The molecular weight excluding hydrogens is 262 g/mol. The third-order valence-corrected chi connectivity index (χ3v) is 3.73. The number of phosphoric ester groups is 1. The van der Waals surface area contributed by atoms with Gasteiger partial charge in [-0.05, 0) is 13.0 Å². The molecule has 0 aromatic carbocycles. The number of rotatable bonds is 6. The van der Waals surface area contributed by atoms with E-state index in [0.29, 0.717) is 0 Å². The molecule has 0 saturated heterocycles. The number of aliphatic carboxylic acids is 1. The Hall–Kier alpha value is -0.490. The first-order valence-electron chi connectivity index (χ1n) is 3.92. The molecule has 0 aliphatic heterocycles. The van der Waals surface area contributed by atoms with Crippen LogP contribution < -0.4 is 0 Å². The second-order valence-electron chi connectivity index (χ2n) is 2.84. The van der Waals surface area contributed by atoms with Crippen molar-refractivity contribution in [3.63, 3.8) is 0 Å². The normalized spacial score (nSPS) is 19.9. The first-order valence-corrected chi connectivity index (χ1v) is 7.44. The summed E-state index contributed by atoms with van der Waals surface area (Å²) in [5.41, 5.74) is -0.0938. The summed E-state index contributed by atoms with van der Waals surface area (Å²) in [5.74, 6) is -1.21. The van der Waals surface area contributed by atoms with Gasteiger partial charge in [-0.2, -0.15) is 0 Å². The highest BCUT2D eigenvalue weighted by Gasteiger charge is 2.29. The van der Waals surface area contributed by atoms with Gasteiger partial charge in [-0.3, -0.25) is 9.09 Å². The summed E-state index contributed by atoms with van der Waals surface area (Å²) in [4.78, 5) is 27.9. The fourth-order valence-electron chi connectivity index (χ4n) is 0.559. The Morgan fingerprint density at radius 3 is 2.25 bits per heavy atom. The Balaban J connectivity index is 4.31. The van der Waals surface area contributed by atoms with Crippen LogP contribution in [0.15, 0.2) is 11.6 Å². The van der Waals surface area contributed by atoms with Crippen LogP contribution >= 0.6 is 15.4 Å². The lowest BCUT2D eigenvalue weighted by atomic mass is 10.3. The summed E-state index contributed by atoms with van der Waals surface area (Å²) in [6, 6.07) is 0. The Labute approximate surface area is 91.7 Å². The first-order chi connectivity index (χ1) is 7.03. The lowest BCUT2D eigenvalue weighted by Gasteiger charge is -2.12. The molecule has 0 aromatic rings. The van der Waals surface area contributed by atoms with Gasteiger partial charge in [0.1, 0.15) is 0 Å². The number of carbonyl (C=O) groups is 1. The van der Waals surface area contributed by atoms with Crippen LogP contribution in [0, 0.1) is 0 Å². The van der Waals surface area contributed by atoms with Crippen LogP contribution in [0.1, 0.15) is 6.92 Å². The Morgan fingerprint density at radius 2 is 1.88 bits per heavy atom. The quantitative estimate of drug-likeness (QED) is 0.482. The van der Waals surface area contributed by atoms with Gasteiger partial charge in [-0.1, -0.05) is 0 Å². The molecule has 2 atom stereocenters. The van der Waals surface area contributed by atoms with Gasteiger partial charge in [0.15, 0.2) is 0 Å². The zero-order valence-corrected chi connectivity index (χ0v) is 10.4. The molecule has 10 heteroatoms. The van der Waals surface area contributed by atoms with Crippen molar-refractivity contribution < 1.29 is 37.7 Å². The standard InChI is InChI=1S/C6H12O8P2/c1-5(6(7)8)3-4-13-16(11,12)14-15(2,9)10/h3H,4H2,1-2H3,(H,7,8)(H,9,10)(H,11,12)/b5-3+. The molecule has 3 N–H and O–H groups in total. The van der Waals surface area contributed by atoms with Gasteiger partial charge in [0.05, 0.1) is 6.61 Å². The van der Waals surface area contributed by atoms with Crippen molar-refractivity contribution in [2.75, 3.05) is 13.3 Å². The van der Waals surface area contributed by atoms with Crippen molar-refractivity contribution in [2.45, 2.75) is 6.92 Å². The van der Waals surface area contributed by atoms with E-state index in [1.807, 2.05) is 0 Å². The van der Waals surface area contributed by atoms with E-state index < -0.39 is 28.0 Å². The molecule has 2 unspecified atom stereocenters. The van der Waals surface area contributed by atoms with Gasteiger partial charge in [0.2, 0.25) is 0 Å². The lowest BCUT2D eigenvalue weighted by Crippen LogP contribution is -1.99. The average molecular weight is 274 g/mol. The molecule has 0 heterocycles. The maximum atomic E-state index is 11.0. The monoisotopic (exact) mass is 274 g/mol. The molecule has 0 aliphatic carbocycles. The maximum Gasteiger partial charge on any atom is 0.479 e. The SMILES string of the molecule is C/C(=C\COP(=O)(O)OP(C)(=O)O)C(=O)O. The van der Waals surface area contributed by atoms with E-state index in [9.17, 15) is 13.9 Å². The zero-order valence-electron chi connectivity index (χ0n) is 8.56. The van der Waals surface area contributed by atoms with Gasteiger partial charge < -0.3 is 14.9 Å². The van der Waals surface area contributed by atoms with Crippen LogP contribution in [0.2, 0.25) is 0 Å². The smallest absolute Gasteiger partial charge is 0.478 e. The molecule has 94 valence electrons. The predicted molar refractivity (Wildman–Crippen MR) is 54.0 cm³/mol. The van der Waals surface area contributed by atoms with Crippen molar-refractivity contribution >= 4 is 21.4 Å². The minimum atomic E-state index is -4.65. The van der Waals surface area contributed by atoms with Crippen LogP contribution in [0.4, 0.5) is 0 Å². The molecule has 0 bridgehead atoms. The van der Waals surface area contributed by atoms with Crippen molar-refractivity contribution in [3.05, 3.63) is 11.6 Å². The highest BCUT2D eigenvalue weighted by atomic mass is 31.3.